The van der Waals surface area contributed by atoms with E-state index in [1.54, 1.807) is 17.0 Å². The first-order valence-corrected chi connectivity index (χ1v) is 10.2. The normalized spacial score (nSPS) is 13.8. The molecule has 4 rings (SSSR count). The zero-order chi connectivity index (χ0) is 22.2. The molecule has 0 N–H and O–H groups in total. The predicted molar refractivity (Wildman–Crippen MR) is 112 cm³/mol. The van der Waals surface area contributed by atoms with Gasteiger partial charge in [0.1, 0.15) is 5.82 Å². The van der Waals surface area contributed by atoms with Crippen LogP contribution >= 0.6 is 11.6 Å². The van der Waals surface area contributed by atoms with E-state index in [1.165, 1.54) is 12.1 Å². The molecule has 0 saturated heterocycles. The highest BCUT2D eigenvalue weighted by atomic mass is 35.5. The molecule has 0 spiro atoms. The topological polar surface area (TPSA) is 46.1 Å². The van der Waals surface area contributed by atoms with Crippen molar-refractivity contribution in [2.24, 2.45) is 0 Å². The number of fused-ring (bicyclic) bond motifs is 1. The Morgan fingerprint density at radius 1 is 1.06 bits per heavy atom. The second-order valence-corrected chi connectivity index (χ2v) is 7.76. The summed E-state index contributed by atoms with van der Waals surface area (Å²) in [7, 11) is 0. The van der Waals surface area contributed by atoms with Crippen molar-refractivity contribution in [2.75, 3.05) is 6.54 Å². The fraction of sp³-hybridized carbons (Fsp3) is 0.261. The molecule has 1 aliphatic rings. The van der Waals surface area contributed by atoms with Gasteiger partial charge in [0.15, 0.2) is 0 Å². The second-order valence-electron chi connectivity index (χ2n) is 7.33. The van der Waals surface area contributed by atoms with Gasteiger partial charge >= 0.3 is 6.18 Å². The zero-order valence-electron chi connectivity index (χ0n) is 16.7. The molecular weight excluding hydrogens is 427 g/mol. The number of aryl methyl sites for hydroxylation is 1. The fourth-order valence-corrected chi connectivity index (χ4v) is 3.75. The van der Waals surface area contributed by atoms with E-state index < -0.39 is 11.7 Å². The van der Waals surface area contributed by atoms with Gasteiger partial charge in [-0.25, -0.2) is 9.97 Å². The number of nitrogens with zero attached hydrogens (tertiary/aromatic N) is 3. The van der Waals surface area contributed by atoms with Crippen molar-refractivity contribution >= 4 is 17.5 Å². The minimum Gasteiger partial charge on any atom is -0.334 e. The van der Waals surface area contributed by atoms with Gasteiger partial charge in [0, 0.05) is 47.6 Å². The lowest BCUT2D eigenvalue weighted by molar-refractivity contribution is -0.137. The lowest BCUT2D eigenvalue weighted by Gasteiger charge is -2.30. The molecule has 0 fully saturated rings. The summed E-state index contributed by atoms with van der Waals surface area (Å²) < 4.78 is 38.4. The Morgan fingerprint density at radius 3 is 2.35 bits per heavy atom. The molecule has 1 amide bonds. The Labute approximate surface area is 182 Å². The maximum absolute atomic E-state index is 13.0. The summed E-state index contributed by atoms with van der Waals surface area (Å²) in [6, 6.07) is 11.6. The van der Waals surface area contributed by atoms with Crippen molar-refractivity contribution in [2.45, 2.75) is 32.5 Å². The van der Waals surface area contributed by atoms with E-state index in [2.05, 4.69) is 4.98 Å². The lowest BCUT2D eigenvalue weighted by atomic mass is 9.98. The average Bonchev–Trinajstić information content (AvgIpc) is 2.77. The Hall–Kier alpha value is -2.93. The first-order chi connectivity index (χ1) is 14.8. The van der Waals surface area contributed by atoms with E-state index in [9.17, 15) is 18.0 Å². The van der Waals surface area contributed by atoms with Crippen LogP contribution in [0.1, 0.15) is 39.9 Å². The summed E-state index contributed by atoms with van der Waals surface area (Å²) in [6.45, 7) is 2.71. The van der Waals surface area contributed by atoms with Crippen LogP contribution in [0.15, 0.2) is 48.5 Å². The van der Waals surface area contributed by atoms with Gasteiger partial charge in [0.2, 0.25) is 0 Å². The molecule has 2 heterocycles. The van der Waals surface area contributed by atoms with Gasteiger partial charge in [-0.3, -0.25) is 4.79 Å². The van der Waals surface area contributed by atoms with Crippen molar-refractivity contribution in [3.05, 3.63) is 81.8 Å². The van der Waals surface area contributed by atoms with Gasteiger partial charge in [-0.15, -0.1) is 0 Å². The van der Waals surface area contributed by atoms with E-state index in [-0.39, 0.29) is 18.0 Å². The third-order valence-corrected chi connectivity index (χ3v) is 5.54. The number of hydrogen-bond acceptors (Lipinski definition) is 3. The van der Waals surface area contributed by atoms with E-state index in [0.717, 1.165) is 40.5 Å². The van der Waals surface area contributed by atoms with Crippen molar-refractivity contribution in [1.29, 1.82) is 0 Å². The van der Waals surface area contributed by atoms with Crippen LogP contribution in [0.2, 0.25) is 5.02 Å². The second kappa shape index (κ2) is 8.30. The quantitative estimate of drug-likeness (QED) is 0.529. The van der Waals surface area contributed by atoms with Crippen LogP contribution in [-0.4, -0.2) is 27.3 Å². The molecule has 2 aromatic carbocycles. The van der Waals surface area contributed by atoms with Crippen molar-refractivity contribution in [3.63, 3.8) is 0 Å². The van der Waals surface area contributed by atoms with Gasteiger partial charge in [0.05, 0.1) is 17.0 Å². The van der Waals surface area contributed by atoms with Crippen molar-refractivity contribution in [1.82, 2.24) is 14.9 Å². The summed E-state index contributed by atoms with van der Waals surface area (Å²) in [5, 5.41) is 0.612. The molecule has 3 aromatic rings. The third-order valence-electron chi connectivity index (χ3n) is 5.29. The maximum Gasteiger partial charge on any atom is 0.416 e. The highest BCUT2D eigenvalue weighted by Crippen LogP contribution is 2.31. The first kappa shape index (κ1) is 21.3. The van der Waals surface area contributed by atoms with Gasteiger partial charge < -0.3 is 4.90 Å². The molecule has 4 nitrogen and oxygen atoms in total. The Balaban J connectivity index is 1.66. The zero-order valence-corrected chi connectivity index (χ0v) is 17.5. The molecule has 0 unspecified atom stereocenters. The van der Waals surface area contributed by atoms with Gasteiger partial charge in [-0.2, -0.15) is 13.2 Å². The van der Waals surface area contributed by atoms with Gasteiger partial charge in [-0.1, -0.05) is 30.7 Å². The Kier molecular flexibility index (Phi) is 5.71. The Morgan fingerprint density at radius 2 is 1.74 bits per heavy atom. The number of halogens is 4. The van der Waals surface area contributed by atoms with Crippen LogP contribution in [0.4, 0.5) is 13.2 Å². The molecule has 8 heteroatoms. The summed E-state index contributed by atoms with van der Waals surface area (Å²) in [4.78, 5) is 23.9. The van der Waals surface area contributed by atoms with E-state index in [1.807, 2.05) is 19.1 Å². The van der Waals surface area contributed by atoms with Crippen LogP contribution in [0.25, 0.3) is 11.3 Å². The SMILES string of the molecule is CCc1nc2c(c(-c3ccc(Cl)cc3)n1)CN(C(=O)c1ccc(C(F)(F)F)cc1)CC2. The number of amides is 1. The minimum absolute atomic E-state index is 0.218. The molecule has 31 heavy (non-hydrogen) atoms. The number of hydrogen-bond donors (Lipinski definition) is 0. The van der Waals surface area contributed by atoms with Gasteiger partial charge in [-0.05, 0) is 36.4 Å². The third kappa shape index (κ3) is 4.42. The highest BCUT2D eigenvalue weighted by Gasteiger charge is 2.31. The fourth-order valence-electron chi connectivity index (χ4n) is 3.63. The lowest BCUT2D eigenvalue weighted by Crippen LogP contribution is -2.37. The summed E-state index contributed by atoms with van der Waals surface area (Å²) >= 11 is 6.02. The number of benzene rings is 2. The monoisotopic (exact) mass is 445 g/mol. The van der Waals surface area contributed by atoms with Crippen LogP contribution in [-0.2, 0) is 25.6 Å². The maximum atomic E-state index is 13.0. The largest absolute Gasteiger partial charge is 0.416 e. The standard InChI is InChI=1S/C23H19ClF3N3O/c1-2-20-28-19-11-12-30(22(31)15-3-7-16(8-4-15)23(25,26)27)13-18(19)21(29-20)14-5-9-17(24)10-6-14/h3-10H,2,11-13H2,1H3. The van der Waals surface area contributed by atoms with Crippen LogP contribution < -0.4 is 0 Å². The van der Waals surface area contributed by atoms with E-state index in [4.69, 9.17) is 16.6 Å². The molecule has 0 bridgehead atoms. The minimum atomic E-state index is -4.44. The molecular formula is C23H19ClF3N3O. The number of aromatic nitrogens is 2. The molecule has 1 aromatic heterocycles. The number of carbonyl (C=O) groups excluding carboxylic acids is 1. The molecule has 0 radical (unpaired) electrons. The Bertz CT molecular complexity index is 1110. The molecule has 0 atom stereocenters. The number of carbonyl (C=O) groups is 1. The van der Waals surface area contributed by atoms with Crippen LogP contribution in [0.5, 0.6) is 0 Å². The molecule has 160 valence electrons. The van der Waals surface area contributed by atoms with Crippen LogP contribution in [0.3, 0.4) is 0 Å². The first-order valence-electron chi connectivity index (χ1n) is 9.87. The summed E-state index contributed by atoms with van der Waals surface area (Å²) in [5.41, 5.74) is 2.82. The summed E-state index contributed by atoms with van der Waals surface area (Å²) in [5.74, 6) is 0.409. The molecule has 0 aliphatic carbocycles. The smallest absolute Gasteiger partial charge is 0.334 e. The van der Waals surface area contributed by atoms with Crippen LogP contribution in [0, 0.1) is 0 Å². The van der Waals surface area contributed by atoms with E-state index in [0.29, 0.717) is 24.4 Å². The molecule has 1 aliphatic heterocycles. The number of rotatable bonds is 3. The summed E-state index contributed by atoms with van der Waals surface area (Å²) in [6.07, 6.45) is -3.20. The predicted octanol–water partition coefficient (Wildman–Crippen LogP) is 5.58. The van der Waals surface area contributed by atoms with Crippen molar-refractivity contribution < 1.29 is 18.0 Å². The number of alkyl halides is 3. The van der Waals surface area contributed by atoms with Gasteiger partial charge in [0.25, 0.3) is 5.91 Å². The average molecular weight is 446 g/mol. The molecule has 0 saturated carbocycles. The van der Waals surface area contributed by atoms with E-state index >= 15 is 0 Å². The van der Waals surface area contributed by atoms with Crippen molar-refractivity contribution in [3.8, 4) is 11.3 Å². The highest BCUT2D eigenvalue weighted by molar-refractivity contribution is 6.30.